The lowest BCUT2D eigenvalue weighted by Gasteiger charge is -2.09. The van der Waals surface area contributed by atoms with E-state index in [1.165, 1.54) is 6.92 Å². The molecule has 0 N–H and O–H groups in total. The van der Waals surface area contributed by atoms with Crippen molar-refractivity contribution in [2.24, 2.45) is 0 Å². The van der Waals surface area contributed by atoms with Gasteiger partial charge < -0.3 is 9.53 Å². The first-order chi connectivity index (χ1) is 7.22. The Morgan fingerprint density at radius 3 is 2.60 bits per heavy atom. The number of rotatable bonds is 6. The molecule has 0 saturated heterocycles. The van der Waals surface area contributed by atoms with Crippen molar-refractivity contribution < 1.29 is 14.3 Å². The Morgan fingerprint density at radius 1 is 1.40 bits per heavy atom. The van der Waals surface area contributed by atoms with Crippen LogP contribution in [0.4, 0.5) is 0 Å². The summed E-state index contributed by atoms with van der Waals surface area (Å²) >= 11 is 0. The zero-order valence-corrected chi connectivity index (χ0v) is 8.68. The molecule has 0 heterocycles. The zero-order valence-electron chi connectivity index (χ0n) is 8.68. The van der Waals surface area contributed by atoms with Crippen molar-refractivity contribution in [3.05, 3.63) is 35.9 Å². The third-order valence-corrected chi connectivity index (χ3v) is 1.95. The summed E-state index contributed by atoms with van der Waals surface area (Å²) in [6, 6.07) is 9.54. The summed E-state index contributed by atoms with van der Waals surface area (Å²) in [5, 5.41) is 0. The van der Waals surface area contributed by atoms with Crippen LogP contribution in [0.25, 0.3) is 0 Å². The predicted molar refractivity (Wildman–Crippen MR) is 56.4 cm³/mol. The molecular weight excluding hydrogens is 192 g/mol. The Balaban J connectivity index is 2.41. The van der Waals surface area contributed by atoms with Gasteiger partial charge in [-0.25, -0.2) is 0 Å². The molecule has 0 unspecified atom stereocenters. The minimum absolute atomic E-state index is 0.0415. The quantitative estimate of drug-likeness (QED) is 0.666. The van der Waals surface area contributed by atoms with E-state index in [-0.39, 0.29) is 12.2 Å². The third-order valence-electron chi connectivity index (χ3n) is 1.95. The van der Waals surface area contributed by atoms with E-state index in [2.05, 4.69) is 0 Å². The first kappa shape index (κ1) is 11.6. The van der Waals surface area contributed by atoms with Crippen LogP contribution in [0.2, 0.25) is 0 Å². The van der Waals surface area contributed by atoms with Gasteiger partial charge in [-0.05, 0) is 12.5 Å². The number of hydrogen-bond donors (Lipinski definition) is 0. The number of hydrogen-bond acceptors (Lipinski definition) is 3. The van der Waals surface area contributed by atoms with Crippen LogP contribution in [0.15, 0.2) is 30.3 Å². The molecule has 1 aromatic rings. The average molecular weight is 206 g/mol. The van der Waals surface area contributed by atoms with Crippen LogP contribution in [0, 0.1) is 0 Å². The number of carbonyl (C=O) groups excluding carboxylic acids is 2. The van der Waals surface area contributed by atoms with Gasteiger partial charge in [0, 0.05) is 6.42 Å². The first-order valence-corrected chi connectivity index (χ1v) is 4.82. The maximum Gasteiger partial charge on any atom is 0.149 e. The second-order valence-electron chi connectivity index (χ2n) is 3.38. The van der Waals surface area contributed by atoms with Gasteiger partial charge in [-0.2, -0.15) is 0 Å². The molecule has 1 atom stereocenters. The summed E-state index contributed by atoms with van der Waals surface area (Å²) in [5.41, 5.74) is 0.993. The molecule has 3 heteroatoms. The van der Waals surface area contributed by atoms with Crippen molar-refractivity contribution in [3.8, 4) is 0 Å². The van der Waals surface area contributed by atoms with Gasteiger partial charge in [0.15, 0.2) is 0 Å². The summed E-state index contributed by atoms with van der Waals surface area (Å²) in [5.74, 6) is -0.0415. The average Bonchev–Trinajstić information content (AvgIpc) is 2.25. The molecule has 3 nitrogen and oxygen atoms in total. The summed E-state index contributed by atoms with van der Waals surface area (Å²) in [7, 11) is 0. The molecule has 0 aromatic heterocycles. The molecule has 0 aliphatic carbocycles. The lowest BCUT2D eigenvalue weighted by molar-refractivity contribution is -0.127. The minimum Gasteiger partial charge on any atom is -0.366 e. The fourth-order valence-corrected chi connectivity index (χ4v) is 1.21. The van der Waals surface area contributed by atoms with Crippen molar-refractivity contribution in [1.82, 2.24) is 0 Å². The Hall–Kier alpha value is -1.48. The van der Waals surface area contributed by atoms with Gasteiger partial charge in [-0.1, -0.05) is 30.3 Å². The maximum absolute atomic E-state index is 10.8. The molecule has 1 rings (SSSR count). The van der Waals surface area contributed by atoms with Gasteiger partial charge in [0.1, 0.15) is 18.2 Å². The molecular formula is C12H14O3. The first-order valence-electron chi connectivity index (χ1n) is 4.82. The lowest BCUT2D eigenvalue weighted by Crippen LogP contribution is -2.17. The van der Waals surface area contributed by atoms with Crippen molar-refractivity contribution >= 4 is 12.1 Å². The predicted octanol–water partition coefficient (Wildman–Crippen LogP) is 1.75. The van der Waals surface area contributed by atoms with Gasteiger partial charge in [0.05, 0.1) is 6.61 Å². The van der Waals surface area contributed by atoms with Gasteiger partial charge >= 0.3 is 0 Å². The smallest absolute Gasteiger partial charge is 0.149 e. The molecule has 0 spiro atoms. The van der Waals surface area contributed by atoms with Crippen LogP contribution in [-0.2, 0) is 20.9 Å². The van der Waals surface area contributed by atoms with E-state index in [9.17, 15) is 9.59 Å². The second kappa shape index (κ2) is 6.09. The fraction of sp³-hybridized carbons (Fsp3) is 0.333. The fourth-order valence-electron chi connectivity index (χ4n) is 1.21. The van der Waals surface area contributed by atoms with E-state index >= 15 is 0 Å². The number of ketones is 1. The summed E-state index contributed by atoms with van der Waals surface area (Å²) in [4.78, 5) is 21.4. The van der Waals surface area contributed by atoms with Gasteiger partial charge in [-0.3, -0.25) is 4.79 Å². The Labute approximate surface area is 89.1 Å². The highest BCUT2D eigenvalue weighted by Crippen LogP contribution is 2.04. The molecule has 1 aromatic carbocycles. The summed E-state index contributed by atoms with van der Waals surface area (Å²) < 4.78 is 5.30. The largest absolute Gasteiger partial charge is 0.366 e. The molecule has 0 saturated carbocycles. The molecule has 0 radical (unpaired) electrons. The Kier molecular flexibility index (Phi) is 4.71. The van der Waals surface area contributed by atoms with Crippen molar-refractivity contribution in [2.75, 3.05) is 0 Å². The normalized spacial score (nSPS) is 12.1. The Bertz CT molecular complexity index is 319. The van der Waals surface area contributed by atoms with Crippen molar-refractivity contribution in [3.63, 3.8) is 0 Å². The molecule has 0 aliphatic heterocycles. The second-order valence-corrected chi connectivity index (χ2v) is 3.38. The number of benzene rings is 1. The highest BCUT2D eigenvalue weighted by Gasteiger charge is 2.10. The van der Waals surface area contributed by atoms with Gasteiger partial charge in [0.2, 0.25) is 0 Å². The highest BCUT2D eigenvalue weighted by molar-refractivity contribution is 5.79. The van der Waals surface area contributed by atoms with Crippen LogP contribution in [0.5, 0.6) is 0 Å². The van der Waals surface area contributed by atoms with Gasteiger partial charge in [0.25, 0.3) is 0 Å². The van der Waals surface area contributed by atoms with E-state index in [0.29, 0.717) is 12.9 Å². The SMILES string of the molecule is CC(=O)C[C@H](C=O)OCc1ccccc1. The van der Waals surface area contributed by atoms with Gasteiger partial charge in [-0.15, -0.1) is 0 Å². The van der Waals surface area contributed by atoms with Crippen LogP contribution >= 0.6 is 0 Å². The molecule has 80 valence electrons. The van der Waals surface area contributed by atoms with E-state index < -0.39 is 6.10 Å². The topological polar surface area (TPSA) is 43.4 Å². The monoisotopic (exact) mass is 206 g/mol. The maximum atomic E-state index is 10.8. The number of carbonyl (C=O) groups is 2. The van der Waals surface area contributed by atoms with Crippen molar-refractivity contribution in [2.45, 2.75) is 26.1 Å². The minimum atomic E-state index is -0.622. The summed E-state index contributed by atoms with van der Waals surface area (Å²) in [6.45, 7) is 1.81. The highest BCUT2D eigenvalue weighted by atomic mass is 16.5. The molecule has 0 aliphatic rings. The van der Waals surface area contributed by atoms with E-state index in [1.54, 1.807) is 0 Å². The number of Topliss-reactive ketones (excluding diaryl/α,β-unsaturated/α-hetero) is 1. The third kappa shape index (κ3) is 4.51. The van der Waals surface area contributed by atoms with E-state index in [4.69, 9.17) is 4.74 Å². The van der Waals surface area contributed by atoms with Crippen LogP contribution < -0.4 is 0 Å². The Morgan fingerprint density at radius 2 is 2.07 bits per heavy atom. The molecule has 0 bridgehead atoms. The van der Waals surface area contributed by atoms with E-state index in [1.807, 2.05) is 30.3 Å². The zero-order chi connectivity index (χ0) is 11.1. The standard InChI is InChI=1S/C12H14O3/c1-10(14)7-12(8-13)15-9-11-5-3-2-4-6-11/h2-6,8,12H,7,9H2,1H3/t12-/m1/s1. The van der Waals surface area contributed by atoms with Crippen LogP contribution in [-0.4, -0.2) is 18.2 Å². The summed E-state index contributed by atoms with van der Waals surface area (Å²) in [6.07, 6.45) is 0.198. The lowest BCUT2D eigenvalue weighted by atomic mass is 10.2. The number of aldehydes is 1. The molecule has 0 amide bonds. The molecule has 15 heavy (non-hydrogen) atoms. The molecule has 0 fully saturated rings. The number of ether oxygens (including phenoxy) is 1. The van der Waals surface area contributed by atoms with E-state index in [0.717, 1.165) is 5.56 Å². The van der Waals surface area contributed by atoms with Crippen molar-refractivity contribution in [1.29, 1.82) is 0 Å². The van der Waals surface area contributed by atoms with Crippen LogP contribution in [0.1, 0.15) is 18.9 Å². The van der Waals surface area contributed by atoms with Crippen LogP contribution in [0.3, 0.4) is 0 Å².